The van der Waals surface area contributed by atoms with Crippen molar-refractivity contribution < 1.29 is 9.53 Å². The summed E-state index contributed by atoms with van der Waals surface area (Å²) in [5.41, 5.74) is 3.06. The lowest BCUT2D eigenvalue weighted by atomic mass is 10.1. The van der Waals surface area contributed by atoms with Crippen molar-refractivity contribution in [2.24, 2.45) is 0 Å². The van der Waals surface area contributed by atoms with Crippen LogP contribution in [0.15, 0.2) is 77.9 Å². The molecule has 0 saturated carbocycles. The molecule has 2 aromatic carbocycles. The summed E-state index contributed by atoms with van der Waals surface area (Å²) in [5.74, 6) is 0.371. The van der Waals surface area contributed by atoms with E-state index in [0.29, 0.717) is 23.5 Å². The molecule has 3 aromatic heterocycles. The number of carbonyl (C=O) groups is 1. The number of rotatable bonds is 6. The van der Waals surface area contributed by atoms with Gasteiger partial charge in [-0.1, -0.05) is 30.3 Å². The highest BCUT2D eigenvalue weighted by atomic mass is 16.5. The second-order valence-corrected chi connectivity index (χ2v) is 7.16. The molecule has 32 heavy (non-hydrogen) atoms. The van der Waals surface area contributed by atoms with E-state index in [1.165, 1.54) is 4.40 Å². The summed E-state index contributed by atoms with van der Waals surface area (Å²) < 4.78 is 9.63. The highest BCUT2D eigenvalue weighted by Crippen LogP contribution is 2.21. The van der Waals surface area contributed by atoms with Gasteiger partial charge in [-0.2, -0.15) is 5.10 Å². The first-order valence-corrected chi connectivity index (χ1v) is 10.2. The normalized spacial score (nSPS) is 11.2. The first kappa shape index (κ1) is 19.6. The van der Waals surface area contributed by atoms with Crippen LogP contribution in [-0.2, 0) is 11.3 Å². The van der Waals surface area contributed by atoms with Crippen molar-refractivity contribution in [1.82, 2.24) is 23.8 Å². The number of hydrogen-bond acceptors (Lipinski definition) is 5. The molecule has 0 aliphatic carbocycles. The van der Waals surface area contributed by atoms with Crippen LogP contribution in [-0.4, -0.2) is 36.3 Å². The second-order valence-electron chi connectivity index (χ2n) is 7.16. The van der Waals surface area contributed by atoms with Crippen molar-refractivity contribution in [3.05, 3.63) is 83.5 Å². The zero-order chi connectivity index (χ0) is 22.1. The molecule has 5 rings (SSSR count). The molecule has 9 heteroatoms. The molecule has 0 bridgehead atoms. The van der Waals surface area contributed by atoms with Crippen molar-refractivity contribution in [1.29, 1.82) is 0 Å². The third-order valence-electron chi connectivity index (χ3n) is 5.00. The summed E-state index contributed by atoms with van der Waals surface area (Å²) >= 11 is 0. The number of nitrogens with one attached hydrogen (secondary N) is 1. The van der Waals surface area contributed by atoms with E-state index in [0.717, 1.165) is 21.7 Å². The molecule has 0 aliphatic heterocycles. The lowest BCUT2D eigenvalue weighted by Crippen LogP contribution is -2.28. The highest BCUT2D eigenvalue weighted by Gasteiger charge is 2.15. The summed E-state index contributed by atoms with van der Waals surface area (Å²) in [6.07, 6.45) is 3.29. The minimum absolute atomic E-state index is 0.209. The van der Waals surface area contributed by atoms with Crippen molar-refractivity contribution in [3.8, 4) is 17.0 Å². The summed E-state index contributed by atoms with van der Waals surface area (Å²) in [6, 6.07) is 18.7. The fourth-order valence-electron chi connectivity index (χ4n) is 3.52. The fourth-order valence-corrected chi connectivity index (χ4v) is 3.52. The second kappa shape index (κ2) is 8.03. The zero-order valence-electron chi connectivity index (χ0n) is 17.3. The molecule has 5 aromatic rings. The summed E-state index contributed by atoms with van der Waals surface area (Å²) in [7, 11) is 0. The maximum Gasteiger partial charge on any atom is 0.350 e. The maximum absolute atomic E-state index is 12.8. The minimum atomic E-state index is -0.396. The van der Waals surface area contributed by atoms with Gasteiger partial charge in [0, 0.05) is 23.6 Å². The Balaban J connectivity index is 1.42. The van der Waals surface area contributed by atoms with E-state index in [2.05, 4.69) is 15.5 Å². The van der Waals surface area contributed by atoms with Gasteiger partial charge >= 0.3 is 5.69 Å². The van der Waals surface area contributed by atoms with Gasteiger partial charge in [0.05, 0.1) is 12.3 Å². The van der Waals surface area contributed by atoms with Gasteiger partial charge in [0.15, 0.2) is 5.65 Å². The van der Waals surface area contributed by atoms with Crippen LogP contribution in [0.4, 0.5) is 5.69 Å². The van der Waals surface area contributed by atoms with Crippen LogP contribution in [0, 0.1) is 0 Å². The standard InChI is InChI=1S/C23H20N6O3/c1-2-32-18-10-8-17(9-11-18)24-21(30)15-29-23(31)27-12-13-28-20(22(27)26-29)14-19(25-28)16-6-4-3-5-7-16/h3-14H,2,15H2,1H3,(H,24,30). The average Bonchev–Trinajstić information content (AvgIpc) is 3.38. The molecule has 0 radical (unpaired) electrons. The Morgan fingerprint density at radius 1 is 1.03 bits per heavy atom. The lowest BCUT2D eigenvalue weighted by molar-refractivity contribution is -0.117. The minimum Gasteiger partial charge on any atom is -0.494 e. The molecule has 0 fully saturated rings. The van der Waals surface area contributed by atoms with E-state index in [4.69, 9.17) is 4.74 Å². The number of amides is 1. The Labute approximate surface area is 182 Å². The van der Waals surface area contributed by atoms with Gasteiger partial charge in [0.25, 0.3) is 0 Å². The number of benzene rings is 2. The molecule has 0 unspecified atom stereocenters. The molecule has 160 valence electrons. The Morgan fingerprint density at radius 2 is 1.81 bits per heavy atom. The zero-order valence-corrected chi connectivity index (χ0v) is 17.3. The topological polar surface area (TPSA) is 94.9 Å². The number of anilines is 1. The molecule has 1 N–H and O–H groups in total. The maximum atomic E-state index is 12.8. The molecule has 1 amide bonds. The quantitative estimate of drug-likeness (QED) is 0.449. The number of ether oxygens (including phenoxy) is 1. The lowest BCUT2D eigenvalue weighted by Gasteiger charge is -2.06. The Kier molecular flexibility index (Phi) is 4.91. The largest absolute Gasteiger partial charge is 0.494 e. The monoisotopic (exact) mass is 428 g/mol. The number of fused-ring (bicyclic) bond motifs is 3. The molecular formula is C23H20N6O3. The van der Waals surface area contributed by atoms with E-state index >= 15 is 0 Å². The molecule has 3 heterocycles. The van der Waals surface area contributed by atoms with E-state index in [9.17, 15) is 9.59 Å². The Bertz CT molecular complexity index is 1470. The predicted molar refractivity (Wildman–Crippen MR) is 120 cm³/mol. The molecule has 9 nitrogen and oxygen atoms in total. The van der Waals surface area contributed by atoms with E-state index in [-0.39, 0.29) is 12.5 Å². The van der Waals surface area contributed by atoms with Crippen LogP contribution in [0.25, 0.3) is 22.4 Å². The van der Waals surface area contributed by atoms with Crippen LogP contribution in [0.2, 0.25) is 0 Å². The average molecular weight is 428 g/mol. The molecular weight excluding hydrogens is 408 g/mol. The van der Waals surface area contributed by atoms with Crippen molar-refractivity contribution in [3.63, 3.8) is 0 Å². The SMILES string of the molecule is CCOc1ccc(NC(=O)Cn2nc3c4cc(-c5ccccc5)nn4ccn3c2=O)cc1. The van der Waals surface area contributed by atoms with Crippen molar-refractivity contribution in [2.45, 2.75) is 13.5 Å². The summed E-state index contributed by atoms with van der Waals surface area (Å²) in [4.78, 5) is 25.3. The fraction of sp³-hybridized carbons (Fsp3) is 0.130. The summed E-state index contributed by atoms with van der Waals surface area (Å²) in [5, 5.41) is 11.7. The van der Waals surface area contributed by atoms with Gasteiger partial charge in [-0.3, -0.25) is 4.79 Å². The predicted octanol–water partition coefficient (Wildman–Crippen LogP) is 2.85. The molecule has 0 saturated heterocycles. The van der Waals surface area contributed by atoms with Crippen LogP contribution >= 0.6 is 0 Å². The highest BCUT2D eigenvalue weighted by molar-refractivity contribution is 5.90. The molecule has 0 spiro atoms. The van der Waals surface area contributed by atoms with E-state index < -0.39 is 5.69 Å². The van der Waals surface area contributed by atoms with Crippen LogP contribution in [0.5, 0.6) is 5.75 Å². The van der Waals surface area contributed by atoms with Gasteiger partial charge in [0.2, 0.25) is 5.91 Å². The summed E-state index contributed by atoms with van der Waals surface area (Å²) in [6.45, 7) is 2.27. The molecule has 0 atom stereocenters. The van der Waals surface area contributed by atoms with Gasteiger partial charge in [-0.05, 0) is 37.3 Å². The third kappa shape index (κ3) is 3.60. The first-order chi connectivity index (χ1) is 15.6. The van der Waals surface area contributed by atoms with Crippen LogP contribution in [0.1, 0.15) is 6.92 Å². The van der Waals surface area contributed by atoms with E-state index in [1.807, 2.05) is 43.3 Å². The molecule has 0 aliphatic rings. The van der Waals surface area contributed by atoms with Crippen LogP contribution in [0.3, 0.4) is 0 Å². The smallest absolute Gasteiger partial charge is 0.350 e. The van der Waals surface area contributed by atoms with Gasteiger partial charge in [0.1, 0.15) is 17.8 Å². The number of hydrogen-bond donors (Lipinski definition) is 1. The Hall–Kier alpha value is -4.40. The van der Waals surface area contributed by atoms with E-state index in [1.54, 1.807) is 41.2 Å². The van der Waals surface area contributed by atoms with Gasteiger partial charge in [-0.15, -0.1) is 5.10 Å². The Morgan fingerprint density at radius 3 is 2.56 bits per heavy atom. The number of carbonyl (C=O) groups excluding carboxylic acids is 1. The van der Waals surface area contributed by atoms with Gasteiger partial charge in [-0.25, -0.2) is 18.4 Å². The third-order valence-corrected chi connectivity index (χ3v) is 5.00. The number of nitrogens with zero attached hydrogens (tertiary/aromatic N) is 5. The number of aromatic nitrogens is 5. The first-order valence-electron chi connectivity index (χ1n) is 10.2. The van der Waals surface area contributed by atoms with Crippen molar-refractivity contribution >= 4 is 22.8 Å². The van der Waals surface area contributed by atoms with Crippen LogP contribution < -0.4 is 15.7 Å². The van der Waals surface area contributed by atoms with Crippen molar-refractivity contribution in [2.75, 3.05) is 11.9 Å². The van der Waals surface area contributed by atoms with Gasteiger partial charge < -0.3 is 10.1 Å².